The molecule has 0 aromatic heterocycles. The predicted molar refractivity (Wildman–Crippen MR) is 62.1 cm³/mol. The van der Waals surface area contributed by atoms with E-state index in [1.165, 1.54) is 0 Å². The van der Waals surface area contributed by atoms with E-state index in [-0.39, 0.29) is 18.4 Å². The van der Waals surface area contributed by atoms with E-state index >= 15 is 0 Å². The van der Waals surface area contributed by atoms with Gasteiger partial charge < -0.3 is 10.4 Å². The van der Waals surface area contributed by atoms with Gasteiger partial charge in [-0.1, -0.05) is 0 Å². The van der Waals surface area contributed by atoms with Gasteiger partial charge in [0.15, 0.2) is 0 Å². The van der Waals surface area contributed by atoms with Crippen LogP contribution >= 0.6 is 11.8 Å². The zero-order valence-corrected chi connectivity index (χ0v) is 10.1. The number of carbonyl (C=O) groups is 2. The van der Waals surface area contributed by atoms with Crippen molar-refractivity contribution in [2.75, 3.05) is 12.0 Å². The largest absolute Gasteiger partial charge is 0.481 e. The minimum atomic E-state index is -0.782. The molecule has 0 radical (unpaired) electrons. The first-order chi connectivity index (χ1) is 7.06. The molecule has 0 aromatic rings. The molecule has 0 saturated carbocycles. The number of thioether (sulfide) groups is 1. The Morgan fingerprint density at radius 1 is 1.40 bits per heavy atom. The first-order valence-corrected chi connectivity index (χ1v) is 6.45. The molecule has 15 heavy (non-hydrogen) atoms. The van der Waals surface area contributed by atoms with Gasteiger partial charge in [0, 0.05) is 24.6 Å². The lowest BCUT2D eigenvalue weighted by molar-refractivity contribution is -0.137. The van der Waals surface area contributed by atoms with Crippen LogP contribution in [0.3, 0.4) is 0 Å². The third-order valence-electron chi connectivity index (χ3n) is 1.97. The molecule has 5 heteroatoms. The summed E-state index contributed by atoms with van der Waals surface area (Å²) in [6.45, 7) is 1.90. The monoisotopic (exact) mass is 233 g/mol. The molecule has 0 spiro atoms. The van der Waals surface area contributed by atoms with Gasteiger partial charge in [0.2, 0.25) is 5.91 Å². The summed E-state index contributed by atoms with van der Waals surface area (Å²) in [6, 6.07) is 0.0682. The van der Waals surface area contributed by atoms with Crippen LogP contribution < -0.4 is 5.32 Å². The van der Waals surface area contributed by atoms with E-state index in [0.29, 0.717) is 12.8 Å². The standard InChI is InChI=1S/C10H19NO3S/c1-8(4-3-5-10(13)14)11-9(12)6-7-15-2/h8H,3-7H2,1-2H3,(H,11,12)(H,13,14). The molecule has 1 unspecified atom stereocenters. The van der Waals surface area contributed by atoms with E-state index < -0.39 is 5.97 Å². The van der Waals surface area contributed by atoms with Crippen LogP contribution in [-0.4, -0.2) is 35.0 Å². The number of amides is 1. The predicted octanol–water partition coefficient (Wildman–Crippen LogP) is 1.50. The number of carbonyl (C=O) groups excluding carboxylic acids is 1. The third-order valence-corrected chi connectivity index (χ3v) is 2.58. The molecule has 0 aliphatic heterocycles. The molecular formula is C10H19NO3S. The van der Waals surface area contributed by atoms with E-state index in [9.17, 15) is 9.59 Å². The molecule has 0 aliphatic rings. The number of nitrogens with one attached hydrogen (secondary N) is 1. The highest BCUT2D eigenvalue weighted by Gasteiger charge is 2.07. The van der Waals surface area contributed by atoms with E-state index in [1.54, 1.807) is 11.8 Å². The van der Waals surface area contributed by atoms with Gasteiger partial charge in [-0.25, -0.2) is 0 Å². The summed E-state index contributed by atoms with van der Waals surface area (Å²) in [5.74, 6) is 0.0938. The number of hydrogen-bond acceptors (Lipinski definition) is 3. The summed E-state index contributed by atoms with van der Waals surface area (Å²) in [4.78, 5) is 21.5. The highest BCUT2D eigenvalue weighted by Crippen LogP contribution is 2.01. The zero-order valence-electron chi connectivity index (χ0n) is 9.28. The van der Waals surface area contributed by atoms with Gasteiger partial charge in [0.1, 0.15) is 0 Å². The molecule has 0 heterocycles. The molecule has 1 atom stereocenters. The number of carboxylic acid groups (broad SMARTS) is 1. The smallest absolute Gasteiger partial charge is 0.303 e. The summed E-state index contributed by atoms with van der Waals surface area (Å²) >= 11 is 1.64. The van der Waals surface area contributed by atoms with Crippen molar-refractivity contribution in [1.82, 2.24) is 5.32 Å². The molecule has 0 saturated heterocycles. The first-order valence-electron chi connectivity index (χ1n) is 5.06. The Balaban J connectivity index is 3.50. The van der Waals surface area contributed by atoms with Crippen LogP contribution in [0.2, 0.25) is 0 Å². The van der Waals surface area contributed by atoms with Crippen molar-refractivity contribution in [2.24, 2.45) is 0 Å². The highest BCUT2D eigenvalue weighted by atomic mass is 32.2. The molecule has 2 N–H and O–H groups in total. The van der Waals surface area contributed by atoms with E-state index in [0.717, 1.165) is 12.2 Å². The van der Waals surface area contributed by atoms with Crippen LogP contribution in [0.25, 0.3) is 0 Å². The van der Waals surface area contributed by atoms with Gasteiger partial charge in [-0.15, -0.1) is 0 Å². The maximum atomic E-state index is 11.3. The third kappa shape index (κ3) is 9.59. The molecule has 0 rings (SSSR count). The Hall–Kier alpha value is -0.710. The van der Waals surface area contributed by atoms with Crippen molar-refractivity contribution >= 4 is 23.6 Å². The maximum absolute atomic E-state index is 11.3. The molecule has 4 nitrogen and oxygen atoms in total. The Morgan fingerprint density at radius 3 is 2.60 bits per heavy atom. The van der Waals surface area contributed by atoms with Crippen molar-refractivity contribution in [1.29, 1.82) is 0 Å². The second-order valence-corrected chi connectivity index (χ2v) is 4.48. The lowest BCUT2D eigenvalue weighted by atomic mass is 10.1. The quantitative estimate of drug-likeness (QED) is 0.666. The van der Waals surface area contributed by atoms with Crippen LogP contribution in [0.1, 0.15) is 32.6 Å². The fraction of sp³-hybridized carbons (Fsp3) is 0.800. The summed E-state index contributed by atoms with van der Waals surface area (Å²) in [7, 11) is 0. The minimum Gasteiger partial charge on any atom is -0.481 e. The van der Waals surface area contributed by atoms with Crippen molar-refractivity contribution in [3.05, 3.63) is 0 Å². The fourth-order valence-electron chi connectivity index (χ4n) is 1.17. The average molecular weight is 233 g/mol. The molecule has 0 aromatic carbocycles. The number of carboxylic acids is 1. The fourth-order valence-corrected chi connectivity index (χ4v) is 1.56. The SMILES string of the molecule is CSCCC(=O)NC(C)CCCC(=O)O. The lowest BCUT2D eigenvalue weighted by Gasteiger charge is -2.12. The van der Waals surface area contributed by atoms with Crippen molar-refractivity contribution in [3.8, 4) is 0 Å². The van der Waals surface area contributed by atoms with E-state index in [1.807, 2.05) is 13.2 Å². The van der Waals surface area contributed by atoms with Gasteiger partial charge in [-0.05, 0) is 26.0 Å². The normalized spacial score (nSPS) is 12.1. The Bertz CT molecular complexity index is 209. The second-order valence-electron chi connectivity index (χ2n) is 3.50. The van der Waals surface area contributed by atoms with Crippen molar-refractivity contribution < 1.29 is 14.7 Å². The topological polar surface area (TPSA) is 66.4 Å². The molecule has 0 fully saturated rings. The van der Waals surface area contributed by atoms with Gasteiger partial charge in [0.05, 0.1) is 0 Å². The lowest BCUT2D eigenvalue weighted by Crippen LogP contribution is -2.32. The Labute approximate surface area is 94.8 Å². The number of hydrogen-bond donors (Lipinski definition) is 2. The van der Waals surface area contributed by atoms with Crippen LogP contribution in [0.15, 0.2) is 0 Å². The Kier molecular flexibility index (Phi) is 8.18. The van der Waals surface area contributed by atoms with Crippen molar-refractivity contribution in [3.63, 3.8) is 0 Å². The maximum Gasteiger partial charge on any atom is 0.303 e. The number of aliphatic carboxylic acids is 1. The average Bonchev–Trinajstić information content (AvgIpc) is 2.14. The molecule has 0 bridgehead atoms. The molecular weight excluding hydrogens is 214 g/mol. The number of rotatable bonds is 8. The van der Waals surface area contributed by atoms with Crippen LogP contribution in [0.5, 0.6) is 0 Å². The zero-order chi connectivity index (χ0) is 11.7. The minimum absolute atomic E-state index is 0.0483. The molecule has 88 valence electrons. The summed E-state index contributed by atoms with van der Waals surface area (Å²) < 4.78 is 0. The van der Waals surface area contributed by atoms with Gasteiger partial charge in [-0.3, -0.25) is 9.59 Å². The van der Waals surface area contributed by atoms with Crippen LogP contribution in [-0.2, 0) is 9.59 Å². The first kappa shape index (κ1) is 14.3. The Morgan fingerprint density at radius 2 is 2.07 bits per heavy atom. The van der Waals surface area contributed by atoms with Gasteiger partial charge in [-0.2, -0.15) is 11.8 Å². The second kappa shape index (κ2) is 8.59. The molecule has 0 aliphatic carbocycles. The van der Waals surface area contributed by atoms with Gasteiger partial charge >= 0.3 is 5.97 Å². The summed E-state index contributed by atoms with van der Waals surface area (Å²) in [5, 5.41) is 11.3. The summed E-state index contributed by atoms with van der Waals surface area (Å²) in [5.41, 5.74) is 0. The summed E-state index contributed by atoms with van der Waals surface area (Å²) in [6.07, 6.45) is 4.00. The van der Waals surface area contributed by atoms with Crippen LogP contribution in [0.4, 0.5) is 0 Å². The van der Waals surface area contributed by atoms with Gasteiger partial charge in [0.25, 0.3) is 0 Å². The van der Waals surface area contributed by atoms with E-state index in [2.05, 4.69) is 5.32 Å². The van der Waals surface area contributed by atoms with Crippen LogP contribution in [0, 0.1) is 0 Å². The van der Waals surface area contributed by atoms with E-state index in [4.69, 9.17) is 5.11 Å². The molecule has 1 amide bonds. The highest BCUT2D eigenvalue weighted by molar-refractivity contribution is 7.98. The van der Waals surface area contributed by atoms with Crippen molar-refractivity contribution in [2.45, 2.75) is 38.6 Å².